The van der Waals surface area contributed by atoms with Crippen molar-refractivity contribution in [3.63, 3.8) is 0 Å². The minimum absolute atomic E-state index is 0.0502. The van der Waals surface area contributed by atoms with Crippen molar-refractivity contribution >= 4 is 29.1 Å². The Morgan fingerprint density at radius 3 is 2.56 bits per heavy atom. The Morgan fingerprint density at radius 1 is 1.16 bits per heavy atom. The molecule has 1 amide bonds. The average Bonchev–Trinajstić information content (AvgIpc) is 3.51. The van der Waals surface area contributed by atoms with Crippen molar-refractivity contribution in [2.24, 2.45) is 11.8 Å². The van der Waals surface area contributed by atoms with Crippen molar-refractivity contribution in [2.45, 2.75) is 26.3 Å². The van der Waals surface area contributed by atoms with Gasteiger partial charge in [0.1, 0.15) is 0 Å². The Bertz CT molecular complexity index is 1000. The number of anilines is 2. The second kappa shape index (κ2) is 8.79. The monoisotopic (exact) mass is 454 g/mol. The first kappa shape index (κ1) is 21.3. The van der Waals surface area contributed by atoms with Crippen LogP contribution in [-0.2, 0) is 6.54 Å². The first-order valence-electron chi connectivity index (χ1n) is 11.5. The number of hydrogen-bond acceptors (Lipinski definition) is 5. The molecule has 2 unspecified atom stereocenters. The molecule has 0 bridgehead atoms. The lowest BCUT2D eigenvalue weighted by molar-refractivity contribution is 0.197. The van der Waals surface area contributed by atoms with Gasteiger partial charge in [0.15, 0.2) is 5.82 Å². The third-order valence-electron chi connectivity index (χ3n) is 6.78. The maximum Gasteiger partial charge on any atom is 0.344 e. The summed E-state index contributed by atoms with van der Waals surface area (Å²) in [7, 11) is 0. The van der Waals surface area contributed by atoms with Crippen LogP contribution < -0.4 is 10.2 Å². The van der Waals surface area contributed by atoms with Gasteiger partial charge in [-0.25, -0.2) is 4.79 Å². The van der Waals surface area contributed by atoms with Crippen LogP contribution in [0.3, 0.4) is 0 Å². The topological polar surface area (TPSA) is 56.6 Å². The van der Waals surface area contributed by atoms with Gasteiger partial charge in [0.05, 0.1) is 0 Å². The molecule has 1 aromatic heterocycles. The third kappa shape index (κ3) is 4.50. The van der Waals surface area contributed by atoms with E-state index >= 15 is 0 Å². The highest BCUT2D eigenvalue weighted by atomic mass is 35.5. The van der Waals surface area contributed by atoms with Crippen molar-refractivity contribution in [1.82, 2.24) is 19.6 Å². The highest BCUT2D eigenvalue weighted by molar-refractivity contribution is 6.30. The minimum Gasteiger partial charge on any atom is -0.371 e. The molecule has 1 aromatic carbocycles. The average molecular weight is 455 g/mol. The maximum atomic E-state index is 12.9. The van der Waals surface area contributed by atoms with Gasteiger partial charge in [-0.2, -0.15) is 4.68 Å². The van der Waals surface area contributed by atoms with Gasteiger partial charge in [-0.3, -0.25) is 4.90 Å². The summed E-state index contributed by atoms with van der Waals surface area (Å²) in [5.74, 6) is 1.67. The van der Waals surface area contributed by atoms with E-state index in [4.69, 9.17) is 11.6 Å². The van der Waals surface area contributed by atoms with Gasteiger partial charge in [-0.05, 0) is 55.4 Å². The second-order valence-corrected chi connectivity index (χ2v) is 9.90. The number of amides is 1. The van der Waals surface area contributed by atoms with Gasteiger partial charge in [-0.1, -0.05) is 18.2 Å². The van der Waals surface area contributed by atoms with E-state index in [-0.39, 0.29) is 6.03 Å². The fourth-order valence-electron chi connectivity index (χ4n) is 5.38. The predicted molar refractivity (Wildman–Crippen MR) is 128 cm³/mol. The predicted octanol–water partition coefficient (Wildman–Crippen LogP) is 4.11. The van der Waals surface area contributed by atoms with E-state index in [1.807, 2.05) is 11.8 Å². The Labute approximate surface area is 194 Å². The van der Waals surface area contributed by atoms with Gasteiger partial charge < -0.3 is 15.1 Å². The molecule has 3 aliphatic rings. The lowest BCUT2D eigenvalue weighted by atomic mass is 10.0. The van der Waals surface area contributed by atoms with Crippen LogP contribution in [0.1, 0.15) is 25.3 Å². The van der Waals surface area contributed by atoms with E-state index in [9.17, 15) is 4.79 Å². The molecule has 170 valence electrons. The lowest BCUT2D eigenvalue weighted by Crippen LogP contribution is -2.36. The van der Waals surface area contributed by atoms with Crippen molar-refractivity contribution in [2.75, 3.05) is 49.5 Å². The molecular weight excluding hydrogens is 424 g/mol. The zero-order valence-electron chi connectivity index (χ0n) is 18.6. The number of hydrogen-bond donors (Lipinski definition) is 1. The molecule has 2 atom stereocenters. The van der Waals surface area contributed by atoms with E-state index in [0.717, 1.165) is 56.5 Å². The molecule has 32 heavy (non-hydrogen) atoms. The summed E-state index contributed by atoms with van der Waals surface area (Å²) in [4.78, 5) is 19.8. The lowest BCUT2D eigenvalue weighted by Gasteiger charge is -2.23. The first-order valence-corrected chi connectivity index (χ1v) is 11.9. The first-order chi connectivity index (χ1) is 15.4. The van der Waals surface area contributed by atoms with Gasteiger partial charge in [0, 0.05) is 74.5 Å². The Balaban J connectivity index is 1.18. The quantitative estimate of drug-likeness (QED) is 0.736. The fraction of sp³-hybridized carbons (Fsp3) is 0.500. The Morgan fingerprint density at radius 2 is 1.88 bits per heavy atom. The van der Waals surface area contributed by atoms with Crippen LogP contribution >= 0.6 is 11.6 Å². The van der Waals surface area contributed by atoms with Crippen LogP contribution in [0, 0.1) is 11.8 Å². The molecule has 0 aliphatic carbocycles. The number of carbonyl (C=O) groups excluding carboxylic acids is 1. The molecule has 7 nitrogen and oxygen atoms in total. The highest BCUT2D eigenvalue weighted by Crippen LogP contribution is 2.33. The zero-order valence-corrected chi connectivity index (χ0v) is 19.4. The molecule has 0 radical (unpaired) electrons. The summed E-state index contributed by atoms with van der Waals surface area (Å²) in [6.07, 6.45) is 4.23. The van der Waals surface area contributed by atoms with Gasteiger partial charge in [-0.15, -0.1) is 5.10 Å². The number of allylic oxidation sites excluding steroid dienone is 1. The minimum atomic E-state index is -0.0502. The zero-order chi connectivity index (χ0) is 22.2. The van der Waals surface area contributed by atoms with Crippen LogP contribution in [0.5, 0.6) is 0 Å². The molecule has 0 saturated carbocycles. The number of aromatic nitrogens is 2. The van der Waals surface area contributed by atoms with Crippen LogP contribution in [0.15, 0.2) is 42.7 Å². The van der Waals surface area contributed by atoms with E-state index in [0.29, 0.717) is 17.7 Å². The standard InChI is InChI=1S/C24H31ClN6O/c1-17(2)26-23-5-8-31(27-23)24(32)30-15-19-13-28(14-20(19)16-30)12-18-9-21(25)11-22(10-18)29-6-3-4-7-29/h5,8-11,19-20H,1,3-4,6-7,12-16H2,2H3,(H,26,27). The molecule has 2 aromatic rings. The van der Waals surface area contributed by atoms with Gasteiger partial charge in [0.2, 0.25) is 0 Å². The number of benzene rings is 1. The Hall–Kier alpha value is -2.51. The maximum absolute atomic E-state index is 12.9. The molecule has 3 aliphatic heterocycles. The number of likely N-dealkylation sites (tertiary alicyclic amines) is 2. The molecule has 0 spiro atoms. The van der Waals surface area contributed by atoms with Crippen molar-refractivity contribution in [3.05, 3.63) is 53.3 Å². The fourth-order valence-corrected chi connectivity index (χ4v) is 5.63. The Kier molecular flexibility index (Phi) is 5.86. The largest absolute Gasteiger partial charge is 0.371 e. The SMILES string of the molecule is C=C(C)Nc1ccn(C(=O)N2CC3CN(Cc4cc(Cl)cc(N5CCCC5)c4)CC3C2)n1. The van der Waals surface area contributed by atoms with E-state index in [2.05, 4.69) is 45.0 Å². The van der Waals surface area contributed by atoms with E-state index < -0.39 is 0 Å². The summed E-state index contributed by atoms with van der Waals surface area (Å²) in [5.41, 5.74) is 3.33. The summed E-state index contributed by atoms with van der Waals surface area (Å²) in [6, 6.07) is 8.23. The van der Waals surface area contributed by atoms with Crippen LogP contribution in [0.4, 0.5) is 16.3 Å². The molecule has 1 N–H and O–H groups in total. The summed E-state index contributed by atoms with van der Waals surface area (Å²) >= 11 is 6.44. The summed E-state index contributed by atoms with van der Waals surface area (Å²) in [6.45, 7) is 12.5. The summed E-state index contributed by atoms with van der Waals surface area (Å²) < 4.78 is 1.43. The number of fused-ring (bicyclic) bond motifs is 1. The molecule has 8 heteroatoms. The van der Waals surface area contributed by atoms with Crippen molar-refractivity contribution < 1.29 is 4.79 Å². The second-order valence-electron chi connectivity index (χ2n) is 9.46. The van der Waals surface area contributed by atoms with Crippen LogP contribution in [0.2, 0.25) is 5.02 Å². The molecule has 4 heterocycles. The third-order valence-corrected chi connectivity index (χ3v) is 7.00. The highest BCUT2D eigenvalue weighted by Gasteiger charge is 2.42. The van der Waals surface area contributed by atoms with Gasteiger partial charge >= 0.3 is 6.03 Å². The van der Waals surface area contributed by atoms with Crippen molar-refractivity contribution in [3.8, 4) is 0 Å². The van der Waals surface area contributed by atoms with E-state index in [1.54, 1.807) is 12.3 Å². The summed E-state index contributed by atoms with van der Waals surface area (Å²) in [5, 5.41) is 8.20. The number of carbonyl (C=O) groups is 1. The molecule has 5 rings (SSSR count). The number of halogens is 1. The number of rotatable bonds is 5. The molecule has 3 fully saturated rings. The molecule has 3 saturated heterocycles. The van der Waals surface area contributed by atoms with Crippen molar-refractivity contribution in [1.29, 1.82) is 0 Å². The number of nitrogens with one attached hydrogen (secondary N) is 1. The van der Waals surface area contributed by atoms with E-state index in [1.165, 1.54) is 28.8 Å². The van der Waals surface area contributed by atoms with Crippen LogP contribution in [0.25, 0.3) is 0 Å². The van der Waals surface area contributed by atoms with Gasteiger partial charge in [0.25, 0.3) is 0 Å². The molecular formula is C24H31ClN6O. The normalized spacial score (nSPS) is 23.1. The smallest absolute Gasteiger partial charge is 0.344 e. The number of nitrogens with zero attached hydrogens (tertiary/aromatic N) is 5. The van der Waals surface area contributed by atoms with Crippen LogP contribution in [-0.4, -0.2) is 64.9 Å².